The quantitative estimate of drug-likeness (QED) is 0.0937. The molecule has 54 heavy (non-hydrogen) atoms. The van der Waals surface area contributed by atoms with Crippen molar-refractivity contribution in [2.75, 3.05) is 75.2 Å². The highest BCUT2D eigenvalue weighted by atomic mass is 16.4. The molecule has 0 unspecified atom stereocenters. The molecule has 10 heteroatoms. The average molecular weight is 721 g/mol. The largest absolute Gasteiger partial charge is 0.411 e. The Kier molecular flexibility index (Phi) is 11.7. The minimum absolute atomic E-state index is 0.859. The van der Waals surface area contributed by atoms with E-state index in [1.807, 2.05) is 48.5 Å². The van der Waals surface area contributed by atoms with Gasteiger partial charge in [-0.3, -0.25) is 0 Å². The highest BCUT2D eigenvalue weighted by Crippen LogP contribution is 2.32. The first-order valence-corrected chi connectivity index (χ1v) is 18.9. The second kappa shape index (κ2) is 17.3. The molecular formula is C44H48N8O2. The molecular weight excluding hydrogens is 673 g/mol. The normalized spacial score (nSPS) is 15.7. The number of anilines is 2. The predicted octanol–water partition coefficient (Wildman–Crippen LogP) is 7.70. The van der Waals surface area contributed by atoms with Crippen LogP contribution in [0.15, 0.2) is 120 Å². The van der Waals surface area contributed by atoms with Gasteiger partial charge in [0.25, 0.3) is 0 Å². The second-order valence-corrected chi connectivity index (χ2v) is 13.7. The van der Waals surface area contributed by atoms with Crippen LogP contribution in [0.2, 0.25) is 0 Å². The lowest BCUT2D eigenvalue weighted by Crippen LogP contribution is -2.46. The van der Waals surface area contributed by atoms with Gasteiger partial charge >= 0.3 is 0 Å². The molecule has 2 aliphatic rings. The Morgan fingerprint density at radius 3 is 1.24 bits per heavy atom. The molecule has 4 aromatic carbocycles. The van der Waals surface area contributed by atoms with Crippen molar-refractivity contribution >= 4 is 45.6 Å². The molecule has 2 fully saturated rings. The summed E-state index contributed by atoms with van der Waals surface area (Å²) >= 11 is 0. The van der Waals surface area contributed by atoms with Gasteiger partial charge in [0.2, 0.25) is 0 Å². The number of piperazine rings is 2. The molecule has 2 aromatic heterocycles. The third kappa shape index (κ3) is 8.35. The van der Waals surface area contributed by atoms with Gasteiger partial charge in [0, 0.05) is 74.3 Å². The van der Waals surface area contributed by atoms with Crippen LogP contribution < -0.4 is 9.80 Å². The predicted molar refractivity (Wildman–Crippen MR) is 222 cm³/mol. The van der Waals surface area contributed by atoms with E-state index in [-0.39, 0.29) is 0 Å². The molecule has 2 saturated heterocycles. The van der Waals surface area contributed by atoms with Crippen molar-refractivity contribution < 1.29 is 10.4 Å². The number of hydrogen-bond acceptors (Lipinski definition) is 10. The Balaban J connectivity index is 0.000000167. The summed E-state index contributed by atoms with van der Waals surface area (Å²) in [5.41, 5.74) is 5.77. The number of fused-ring (bicyclic) bond motifs is 2. The standard InChI is InChI=1S/2C22H24N4O/c2*1-2-25-11-13-26(14-12-25)22-20-6-4-3-5-19(20)15-21(24-22)18-9-7-17(8-10-18)16-23-27/h2*3-10,15-16,27H,2,11-14H2,1H3/b23-16+;23-16-. The van der Waals surface area contributed by atoms with Crippen LogP contribution in [0.1, 0.15) is 25.0 Å². The lowest BCUT2D eigenvalue weighted by molar-refractivity contribution is 0.271. The van der Waals surface area contributed by atoms with Gasteiger partial charge in [-0.05, 0) is 47.1 Å². The number of pyridine rings is 2. The first-order chi connectivity index (χ1) is 26.6. The van der Waals surface area contributed by atoms with E-state index in [0.717, 1.165) is 111 Å². The van der Waals surface area contributed by atoms with Gasteiger partial charge in [0.05, 0.1) is 23.8 Å². The lowest BCUT2D eigenvalue weighted by Gasteiger charge is -2.35. The van der Waals surface area contributed by atoms with Crippen LogP contribution in [0.4, 0.5) is 11.6 Å². The van der Waals surface area contributed by atoms with Crippen molar-refractivity contribution in [1.29, 1.82) is 0 Å². The van der Waals surface area contributed by atoms with E-state index in [0.29, 0.717) is 0 Å². The topological polar surface area (TPSA) is 104 Å². The van der Waals surface area contributed by atoms with Crippen LogP contribution >= 0.6 is 0 Å². The highest BCUT2D eigenvalue weighted by molar-refractivity contribution is 5.96. The Morgan fingerprint density at radius 2 is 0.889 bits per heavy atom. The first kappa shape index (κ1) is 36.5. The van der Waals surface area contributed by atoms with E-state index in [9.17, 15) is 0 Å². The third-order valence-corrected chi connectivity index (χ3v) is 10.5. The van der Waals surface area contributed by atoms with Crippen molar-refractivity contribution in [3.05, 3.63) is 120 Å². The Hall–Kier alpha value is -5.84. The van der Waals surface area contributed by atoms with Crippen molar-refractivity contribution in [2.45, 2.75) is 13.8 Å². The maximum Gasteiger partial charge on any atom is 0.137 e. The smallest absolute Gasteiger partial charge is 0.137 e. The molecule has 2 N–H and O–H groups in total. The van der Waals surface area contributed by atoms with Crippen LogP contribution in [-0.4, -0.2) is 108 Å². The van der Waals surface area contributed by atoms with E-state index in [1.54, 1.807) is 0 Å². The summed E-state index contributed by atoms with van der Waals surface area (Å²) in [4.78, 5) is 19.9. The summed E-state index contributed by atoms with van der Waals surface area (Å²) in [6, 6.07) is 37.1. The maximum absolute atomic E-state index is 8.69. The zero-order chi connectivity index (χ0) is 37.3. The van der Waals surface area contributed by atoms with E-state index in [2.05, 4.69) is 104 Å². The summed E-state index contributed by atoms with van der Waals surface area (Å²) < 4.78 is 0. The number of likely N-dealkylation sites (N-methyl/N-ethyl adjacent to an activating group) is 2. The number of nitrogens with zero attached hydrogens (tertiary/aromatic N) is 8. The average Bonchev–Trinajstić information content (AvgIpc) is 3.24. The minimum Gasteiger partial charge on any atom is -0.411 e. The molecule has 0 bridgehead atoms. The Morgan fingerprint density at radius 1 is 0.519 bits per heavy atom. The second-order valence-electron chi connectivity index (χ2n) is 13.7. The molecule has 0 amide bonds. The van der Waals surface area contributed by atoms with Gasteiger partial charge in [-0.25, -0.2) is 9.97 Å². The molecule has 0 atom stereocenters. The number of rotatable bonds is 8. The van der Waals surface area contributed by atoms with Crippen molar-refractivity contribution in [3.8, 4) is 22.5 Å². The zero-order valence-electron chi connectivity index (χ0n) is 31.1. The van der Waals surface area contributed by atoms with Crippen LogP contribution in [0.25, 0.3) is 44.1 Å². The van der Waals surface area contributed by atoms with Crippen LogP contribution in [0, 0.1) is 0 Å². The number of hydrogen-bond donors (Lipinski definition) is 2. The molecule has 2 aliphatic heterocycles. The fraction of sp³-hybridized carbons (Fsp3) is 0.273. The summed E-state index contributed by atoms with van der Waals surface area (Å²) in [6.45, 7) is 14.9. The molecule has 0 aliphatic carbocycles. The number of aromatic nitrogens is 2. The van der Waals surface area contributed by atoms with Gasteiger partial charge in [-0.15, -0.1) is 0 Å². The monoisotopic (exact) mass is 720 g/mol. The van der Waals surface area contributed by atoms with E-state index < -0.39 is 0 Å². The molecule has 0 spiro atoms. The Bertz CT molecular complexity index is 2050. The van der Waals surface area contributed by atoms with Gasteiger partial charge in [-0.2, -0.15) is 0 Å². The minimum atomic E-state index is 0.859. The lowest BCUT2D eigenvalue weighted by atomic mass is 10.0. The molecule has 10 nitrogen and oxygen atoms in total. The SMILES string of the molecule is CCN1CCN(c2nc(-c3ccc(/C=N/O)cc3)cc3ccccc23)CC1.CCN1CCN(c2nc(-c3ccc(/C=N\O)cc3)cc3ccccc23)CC1. The number of benzene rings is 4. The van der Waals surface area contributed by atoms with Crippen molar-refractivity contribution in [3.63, 3.8) is 0 Å². The zero-order valence-corrected chi connectivity index (χ0v) is 31.1. The maximum atomic E-state index is 8.69. The fourth-order valence-electron chi connectivity index (χ4n) is 7.30. The number of oxime groups is 2. The summed E-state index contributed by atoms with van der Waals surface area (Å²) in [5, 5.41) is 28.4. The fourth-order valence-corrected chi connectivity index (χ4v) is 7.30. The third-order valence-electron chi connectivity index (χ3n) is 10.5. The molecule has 0 radical (unpaired) electrons. The molecule has 276 valence electrons. The highest BCUT2D eigenvalue weighted by Gasteiger charge is 2.21. The summed E-state index contributed by atoms with van der Waals surface area (Å²) in [5.74, 6) is 2.14. The van der Waals surface area contributed by atoms with Crippen LogP contribution in [0.3, 0.4) is 0 Å². The summed E-state index contributed by atoms with van der Waals surface area (Å²) in [7, 11) is 0. The first-order valence-electron chi connectivity index (χ1n) is 18.9. The van der Waals surface area contributed by atoms with E-state index in [1.165, 1.54) is 34.0 Å². The molecule has 8 rings (SSSR count). The molecule has 4 heterocycles. The van der Waals surface area contributed by atoms with Crippen LogP contribution in [-0.2, 0) is 0 Å². The molecule has 0 saturated carbocycles. The summed E-state index contributed by atoms with van der Waals surface area (Å²) in [6.07, 6.45) is 2.85. The van der Waals surface area contributed by atoms with Crippen molar-refractivity contribution in [1.82, 2.24) is 19.8 Å². The van der Waals surface area contributed by atoms with Gasteiger partial charge < -0.3 is 30.0 Å². The van der Waals surface area contributed by atoms with Crippen molar-refractivity contribution in [2.24, 2.45) is 10.3 Å². The van der Waals surface area contributed by atoms with Crippen LogP contribution in [0.5, 0.6) is 0 Å². The van der Waals surface area contributed by atoms with Gasteiger partial charge in [0.15, 0.2) is 0 Å². The van der Waals surface area contributed by atoms with E-state index in [4.69, 9.17) is 20.4 Å². The van der Waals surface area contributed by atoms with E-state index >= 15 is 0 Å². The van der Waals surface area contributed by atoms with Gasteiger partial charge in [0.1, 0.15) is 11.6 Å². The molecule has 6 aromatic rings. The van der Waals surface area contributed by atoms with Gasteiger partial charge in [-0.1, -0.05) is 121 Å². The Labute approximate surface area is 317 Å².